The molecule has 0 aromatic heterocycles. The van der Waals surface area contributed by atoms with Gasteiger partial charge in [-0.2, -0.15) is 0 Å². The van der Waals surface area contributed by atoms with Crippen molar-refractivity contribution in [2.45, 2.75) is 43.7 Å². The van der Waals surface area contributed by atoms with Crippen molar-refractivity contribution >= 4 is 5.97 Å². The Bertz CT molecular complexity index is 875. The number of nitrogens with zero attached hydrogens (tertiary/aromatic N) is 3. The molecule has 2 aromatic carbocycles. The molecule has 2 aromatic rings. The fraction of sp³-hybridized carbons (Fsp3) is 0.409. The fourth-order valence-corrected chi connectivity index (χ4v) is 3.35. The van der Waals surface area contributed by atoms with Crippen molar-refractivity contribution in [1.29, 1.82) is 0 Å². The molecule has 1 heterocycles. The van der Waals surface area contributed by atoms with Crippen LogP contribution in [0.4, 0.5) is 0 Å². The van der Waals surface area contributed by atoms with Crippen LogP contribution >= 0.6 is 0 Å². The summed E-state index contributed by atoms with van der Waals surface area (Å²) in [6.07, 6.45) is -3.53. The lowest BCUT2D eigenvalue weighted by atomic mass is 10.0. The number of methoxy groups -OCH3 is 1. The van der Waals surface area contributed by atoms with Crippen LogP contribution in [0, 0.1) is 0 Å². The highest BCUT2D eigenvalue weighted by Crippen LogP contribution is 2.26. The molecule has 0 amide bonds. The van der Waals surface area contributed by atoms with E-state index < -0.39 is 36.6 Å². The molecule has 5 atom stereocenters. The Kier molecular flexibility index (Phi) is 8.40. The van der Waals surface area contributed by atoms with Gasteiger partial charge >= 0.3 is 5.97 Å². The smallest absolute Gasteiger partial charge is 0.338 e. The highest BCUT2D eigenvalue weighted by atomic mass is 16.7. The second-order valence-corrected chi connectivity index (χ2v) is 7.08. The summed E-state index contributed by atoms with van der Waals surface area (Å²) in [5, 5.41) is 14.7. The van der Waals surface area contributed by atoms with Crippen LogP contribution in [0.15, 0.2) is 65.8 Å². The monoisotopic (exact) mass is 427 g/mol. The maximum absolute atomic E-state index is 12.3. The van der Waals surface area contributed by atoms with Crippen LogP contribution in [0.25, 0.3) is 10.4 Å². The predicted octanol–water partition coefficient (Wildman–Crippen LogP) is 3.23. The maximum Gasteiger partial charge on any atom is 0.338 e. The Morgan fingerprint density at radius 3 is 2.52 bits per heavy atom. The average Bonchev–Trinajstić information content (AvgIpc) is 2.94. The number of benzene rings is 2. The van der Waals surface area contributed by atoms with Crippen molar-refractivity contribution in [3.63, 3.8) is 0 Å². The number of esters is 1. The minimum absolute atomic E-state index is 0.180. The minimum Gasteiger partial charge on any atom is -0.459 e. The zero-order valence-electron chi connectivity index (χ0n) is 17.1. The molecule has 9 heteroatoms. The van der Waals surface area contributed by atoms with Crippen molar-refractivity contribution in [3.05, 3.63) is 82.2 Å². The van der Waals surface area contributed by atoms with E-state index in [1.54, 1.807) is 30.3 Å². The van der Waals surface area contributed by atoms with E-state index in [1.165, 1.54) is 7.11 Å². The van der Waals surface area contributed by atoms with Crippen molar-refractivity contribution in [3.8, 4) is 0 Å². The second-order valence-electron chi connectivity index (χ2n) is 7.08. The van der Waals surface area contributed by atoms with Gasteiger partial charge < -0.3 is 24.1 Å². The quantitative estimate of drug-likeness (QED) is 0.299. The number of aliphatic hydroxyl groups is 1. The van der Waals surface area contributed by atoms with Crippen LogP contribution in [0.2, 0.25) is 0 Å². The topological polar surface area (TPSA) is 123 Å². The Labute approximate surface area is 180 Å². The maximum atomic E-state index is 12.3. The summed E-state index contributed by atoms with van der Waals surface area (Å²) in [5.74, 6) is -0.539. The molecule has 0 aliphatic carbocycles. The Balaban J connectivity index is 1.73. The molecule has 1 fully saturated rings. The molecule has 0 spiro atoms. The first-order chi connectivity index (χ1) is 15.1. The number of carbonyl (C=O) groups is 1. The van der Waals surface area contributed by atoms with Crippen molar-refractivity contribution in [2.24, 2.45) is 5.11 Å². The largest absolute Gasteiger partial charge is 0.459 e. The summed E-state index contributed by atoms with van der Waals surface area (Å²) in [5.41, 5.74) is 10.2. The number of rotatable bonds is 8. The van der Waals surface area contributed by atoms with E-state index in [0.717, 1.165) is 5.56 Å². The van der Waals surface area contributed by atoms with Crippen LogP contribution in [-0.4, -0.2) is 55.4 Å². The van der Waals surface area contributed by atoms with E-state index in [1.807, 2.05) is 30.3 Å². The average molecular weight is 427 g/mol. The van der Waals surface area contributed by atoms with E-state index >= 15 is 0 Å². The third-order valence-electron chi connectivity index (χ3n) is 4.99. The van der Waals surface area contributed by atoms with Crippen LogP contribution < -0.4 is 0 Å². The fourth-order valence-electron chi connectivity index (χ4n) is 3.35. The first-order valence-electron chi connectivity index (χ1n) is 9.90. The van der Waals surface area contributed by atoms with Gasteiger partial charge in [0.25, 0.3) is 0 Å². The Morgan fingerprint density at radius 2 is 1.87 bits per heavy atom. The van der Waals surface area contributed by atoms with Crippen molar-refractivity contribution < 1.29 is 28.8 Å². The SMILES string of the molecule is CO[C@H]1OC(COC(=O)c2ccccc2)[C@@H](O)C(OCc2ccccc2)CC1N=[N+]=[N-]. The number of carbonyl (C=O) groups excluding carboxylic acids is 1. The van der Waals surface area contributed by atoms with Crippen LogP contribution in [0.5, 0.6) is 0 Å². The molecule has 164 valence electrons. The van der Waals surface area contributed by atoms with Crippen LogP contribution in [0.3, 0.4) is 0 Å². The molecule has 1 aliphatic heterocycles. The number of azide groups is 1. The summed E-state index contributed by atoms with van der Waals surface area (Å²) in [6, 6.07) is 17.3. The summed E-state index contributed by atoms with van der Waals surface area (Å²) < 4.78 is 22.4. The molecule has 3 unspecified atom stereocenters. The standard InChI is InChI=1S/C22H25N3O6/c1-28-22-17(24-25-23)12-18(29-13-15-8-4-2-5-9-15)20(26)19(31-22)14-30-21(27)16-10-6-3-7-11-16/h2-11,17-20,22,26H,12-14H2,1H3/t17?,18?,19?,20-,22-/m0/s1. The second kappa shape index (κ2) is 11.5. The highest BCUT2D eigenvalue weighted by molar-refractivity contribution is 5.89. The molecule has 0 radical (unpaired) electrons. The zero-order chi connectivity index (χ0) is 22.1. The van der Waals surface area contributed by atoms with Gasteiger partial charge in [0.1, 0.15) is 18.8 Å². The Morgan fingerprint density at radius 1 is 1.19 bits per heavy atom. The molecular weight excluding hydrogens is 402 g/mol. The molecule has 3 rings (SSSR count). The first-order valence-corrected chi connectivity index (χ1v) is 9.90. The van der Waals surface area contributed by atoms with E-state index in [4.69, 9.17) is 24.5 Å². The summed E-state index contributed by atoms with van der Waals surface area (Å²) in [6.45, 7) is 0.0304. The van der Waals surface area contributed by atoms with Gasteiger partial charge in [0.15, 0.2) is 6.29 Å². The third kappa shape index (κ3) is 6.27. The number of ether oxygens (including phenoxy) is 4. The van der Waals surface area contributed by atoms with Gasteiger partial charge in [0.2, 0.25) is 0 Å². The van der Waals surface area contributed by atoms with Gasteiger partial charge in [-0.1, -0.05) is 53.6 Å². The van der Waals surface area contributed by atoms with E-state index in [-0.39, 0.29) is 19.6 Å². The molecule has 9 nitrogen and oxygen atoms in total. The summed E-state index contributed by atoms with van der Waals surface area (Å²) in [7, 11) is 1.41. The lowest BCUT2D eigenvalue weighted by Gasteiger charge is -2.27. The normalized spacial score (nSPS) is 25.8. The predicted molar refractivity (Wildman–Crippen MR) is 111 cm³/mol. The van der Waals surface area contributed by atoms with E-state index in [2.05, 4.69) is 10.0 Å². The lowest BCUT2D eigenvalue weighted by Crippen LogP contribution is -2.42. The van der Waals surface area contributed by atoms with Crippen LogP contribution in [0.1, 0.15) is 22.3 Å². The molecular formula is C22H25N3O6. The van der Waals surface area contributed by atoms with E-state index in [0.29, 0.717) is 5.56 Å². The molecule has 31 heavy (non-hydrogen) atoms. The van der Waals surface area contributed by atoms with E-state index in [9.17, 15) is 9.90 Å². The first kappa shape index (κ1) is 22.7. The number of aliphatic hydroxyl groups excluding tert-OH is 1. The van der Waals surface area contributed by atoms with Crippen LogP contribution in [-0.2, 0) is 25.6 Å². The number of hydrogen-bond donors (Lipinski definition) is 1. The number of hydrogen-bond acceptors (Lipinski definition) is 7. The van der Waals surface area contributed by atoms with Crippen molar-refractivity contribution in [2.75, 3.05) is 13.7 Å². The van der Waals surface area contributed by atoms with Gasteiger partial charge in [-0.3, -0.25) is 0 Å². The van der Waals surface area contributed by atoms with Gasteiger partial charge in [-0.05, 0) is 29.6 Å². The molecule has 0 saturated carbocycles. The van der Waals surface area contributed by atoms with Gasteiger partial charge in [-0.25, -0.2) is 4.79 Å². The van der Waals surface area contributed by atoms with Gasteiger partial charge in [0.05, 0.1) is 24.3 Å². The molecule has 0 bridgehead atoms. The minimum atomic E-state index is -1.14. The summed E-state index contributed by atoms with van der Waals surface area (Å²) >= 11 is 0. The lowest BCUT2D eigenvalue weighted by molar-refractivity contribution is -0.192. The summed E-state index contributed by atoms with van der Waals surface area (Å²) in [4.78, 5) is 15.2. The molecule has 1 saturated heterocycles. The van der Waals surface area contributed by atoms with Gasteiger partial charge in [-0.15, -0.1) is 0 Å². The van der Waals surface area contributed by atoms with Crippen molar-refractivity contribution in [1.82, 2.24) is 0 Å². The molecule has 1 aliphatic rings. The van der Waals surface area contributed by atoms with Gasteiger partial charge in [0, 0.05) is 12.0 Å². The third-order valence-corrected chi connectivity index (χ3v) is 4.99. The zero-order valence-corrected chi connectivity index (χ0v) is 17.1. The Hall–Kier alpha value is -2.94. The molecule has 1 N–H and O–H groups in total. The highest BCUT2D eigenvalue weighted by Gasteiger charge is 2.40.